The van der Waals surface area contributed by atoms with Crippen molar-refractivity contribution in [2.75, 3.05) is 6.61 Å². The number of rotatable bonds is 4. The number of aromatic nitrogens is 4. The van der Waals surface area contributed by atoms with E-state index < -0.39 is 29.1 Å². The molecule has 2 aromatic carbocycles. The predicted octanol–water partition coefficient (Wildman–Crippen LogP) is 1.17. The summed E-state index contributed by atoms with van der Waals surface area (Å²) in [6.45, 7) is 0.0973. The molecule has 3 amide bonds. The third kappa shape index (κ3) is 2.55. The Morgan fingerprint density at radius 3 is 2.63 bits per heavy atom. The first-order chi connectivity index (χ1) is 14.4. The van der Waals surface area contributed by atoms with Crippen molar-refractivity contribution < 1.29 is 23.1 Å². The van der Waals surface area contributed by atoms with Gasteiger partial charge in [-0.3, -0.25) is 10.1 Å². The first kappa shape index (κ1) is 18.2. The Hall–Kier alpha value is -3.89. The summed E-state index contributed by atoms with van der Waals surface area (Å²) < 4.78 is 34.4. The molecule has 1 atom stereocenters. The van der Waals surface area contributed by atoms with Crippen LogP contribution in [0.4, 0.5) is 13.6 Å². The van der Waals surface area contributed by atoms with Gasteiger partial charge in [-0.25, -0.2) is 13.6 Å². The molecule has 1 unspecified atom stereocenters. The molecule has 1 spiro atoms. The molecule has 9 nitrogen and oxygen atoms in total. The van der Waals surface area contributed by atoms with E-state index in [-0.39, 0.29) is 23.5 Å². The lowest BCUT2D eigenvalue weighted by molar-refractivity contribution is -0.122. The number of ether oxygens (including phenoxy) is 1. The predicted molar refractivity (Wildman–Crippen MR) is 97.2 cm³/mol. The fourth-order valence-electron chi connectivity index (χ4n) is 3.91. The van der Waals surface area contributed by atoms with Gasteiger partial charge in [-0.2, -0.15) is 4.80 Å². The number of hydrogen-bond acceptors (Lipinski definition) is 6. The van der Waals surface area contributed by atoms with Gasteiger partial charge in [-0.05, 0) is 40.6 Å². The van der Waals surface area contributed by atoms with E-state index in [1.807, 2.05) is 0 Å². The van der Waals surface area contributed by atoms with Crippen LogP contribution in [-0.2, 0) is 23.8 Å². The van der Waals surface area contributed by atoms with E-state index >= 15 is 0 Å². The van der Waals surface area contributed by atoms with Crippen LogP contribution in [0.3, 0.4) is 0 Å². The number of carbonyl (C=O) groups excluding carboxylic acids is 2. The van der Waals surface area contributed by atoms with Crippen molar-refractivity contribution in [2.24, 2.45) is 7.05 Å². The average Bonchev–Trinajstić information content (AvgIpc) is 3.32. The second kappa shape index (κ2) is 6.31. The molecule has 30 heavy (non-hydrogen) atoms. The van der Waals surface area contributed by atoms with Crippen LogP contribution < -0.4 is 15.4 Å². The van der Waals surface area contributed by atoms with Gasteiger partial charge in [0.15, 0.2) is 22.9 Å². The third-order valence-electron chi connectivity index (χ3n) is 5.15. The van der Waals surface area contributed by atoms with Crippen molar-refractivity contribution in [1.29, 1.82) is 0 Å². The van der Waals surface area contributed by atoms with Crippen LogP contribution in [0.1, 0.15) is 17.0 Å². The van der Waals surface area contributed by atoms with Crippen molar-refractivity contribution in [2.45, 2.75) is 12.0 Å². The molecule has 11 heteroatoms. The molecule has 2 N–H and O–H groups in total. The molecule has 1 fully saturated rings. The van der Waals surface area contributed by atoms with Gasteiger partial charge in [0, 0.05) is 17.5 Å². The van der Waals surface area contributed by atoms with Gasteiger partial charge >= 0.3 is 6.03 Å². The Kier molecular flexibility index (Phi) is 3.82. The number of fused-ring (bicyclic) bond motifs is 5. The topological polar surface area (TPSA) is 111 Å². The first-order valence-electron chi connectivity index (χ1n) is 9.02. The van der Waals surface area contributed by atoms with E-state index in [1.54, 1.807) is 7.05 Å². The Morgan fingerprint density at radius 2 is 1.93 bits per heavy atom. The quantitative estimate of drug-likeness (QED) is 0.623. The van der Waals surface area contributed by atoms with Crippen LogP contribution in [0.25, 0.3) is 11.1 Å². The van der Waals surface area contributed by atoms with Crippen LogP contribution in [0, 0.1) is 11.6 Å². The second-order valence-corrected chi connectivity index (χ2v) is 6.97. The highest BCUT2D eigenvalue weighted by Crippen LogP contribution is 2.50. The number of amides is 3. The molecule has 5 rings (SSSR count). The van der Waals surface area contributed by atoms with Crippen LogP contribution in [0.2, 0.25) is 0 Å². The van der Waals surface area contributed by atoms with Crippen LogP contribution in [0.5, 0.6) is 5.75 Å². The maximum absolute atomic E-state index is 14.8. The molecule has 152 valence electrons. The molecule has 1 aliphatic carbocycles. The molecule has 2 heterocycles. The van der Waals surface area contributed by atoms with Crippen LogP contribution in [0.15, 0.2) is 30.3 Å². The minimum absolute atomic E-state index is 0.0466. The smallest absolute Gasteiger partial charge is 0.322 e. The van der Waals surface area contributed by atoms with Crippen molar-refractivity contribution in [3.63, 3.8) is 0 Å². The minimum atomic E-state index is -1.69. The number of nitrogens with one attached hydrogen (secondary N) is 2. The molecular formula is C19H14F2N6O3. The summed E-state index contributed by atoms with van der Waals surface area (Å²) in [6.07, 6.45) is 0.314. The van der Waals surface area contributed by atoms with E-state index in [0.29, 0.717) is 23.4 Å². The molecule has 1 aliphatic heterocycles. The van der Waals surface area contributed by atoms with Gasteiger partial charge in [-0.15, -0.1) is 10.2 Å². The lowest BCUT2D eigenvalue weighted by Gasteiger charge is -2.23. The fraction of sp³-hybridized carbons (Fsp3) is 0.211. The maximum atomic E-state index is 14.8. The highest BCUT2D eigenvalue weighted by atomic mass is 19.1. The SMILES string of the molecule is Cn1nnc(CCOc2cc3c(cc2F)C2(NC(=O)NC2=O)c2cc(F)ccc2-3)n1. The number of nitrogens with zero attached hydrogens (tertiary/aromatic N) is 4. The van der Waals surface area contributed by atoms with Gasteiger partial charge in [0.25, 0.3) is 5.91 Å². The highest BCUT2D eigenvalue weighted by molar-refractivity contribution is 6.13. The Labute approximate surface area is 168 Å². The molecule has 3 aromatic rings. The van der Waals surface area contributed by atoms with Gasteiger partial charge in [-0.1, -0.05) is 6.07 Å². The standard InChI is InChI=1S/C19H14F2N6O3/c1-27-25-16(24-26-27)4-5-30-15-7-11-10-3-2-9(20)6-12(10)19(13(11)8-14(15)21)17(28)22-18(29)23-19/h2-3,6-8H,4-5H2,1H3,(H2,22,23,28,29). The molecule has 0 saturated carbocycles. The maximum Gasteiger partial charge on any atom is 0.322 e. The van der Waals surface area contributed by atoms with E-state index in [9.17, 15) is 18.4 Å². The number of carbonyl (C=O) groups is 2. The minimum Gasteiger partial charge on any atom is -0.490 e. The summed E-state index contributed by atoms with van der Waals surface area (Å²) in [6, 6.07) is 5.73. The Morgan fingerprint density at radius 1 is 1.13 bits per heavy atom. The fourth-order valence-corrected chi connectivity index (χ4v) is 3.91. The van der Waals surface area contributed by atoms with Crippen molar-refractivity contribution in [1.82, 2.24) is 30.8 Å². The molecular weight excluding hydrogens is 398 g/mol. The summed E-state index contributed by atoms with van der Waals surface area (Å²) >= 11 is 0. The number of hydrogen-bond donors (Lipinski definition) is 2. The molecule has 1 aromatic heterocycles. The monoisotopic (exact) mass is 412 g/mol. The van der Waals surface area contributed by atoms with Crippen LogP contribution >= 0.6 is 0 Å². The Balaban J connectivity index is 1.54. The lowest BCUT2D eigenvalue weighted by Crippen LogP contribution is -2.43. The molecule has 0 bridgehead atoms. The summed E-state index contributed by atoms with van der Waals surface area (Å²) in [5.74, 6) is -1.59. The number of halogens is 2. The number of benzene rings is 2. The molecule has 2 aliphatic rings. The van der Waals surface area contributed by atoms with E-state index in [2.05, 4.69) is 26.0 Å². The summed E-state index contributed by atoms with van der Waals surface area (Å²) in [7, 11) is 1.63. The lowest BCUT2D eigenvalue weighted by atomic mass is 9.87. The van der Waals surface area contributed by atoms with Crippen molar-refractivity contribution >= 4 is 11.9 Å². The van der Waals surface area contributed by atoms with Gasteiger partial charge < -0.3 is 10.1 Å². The summed E-state index contributed by atoms with van der Waals surface area (Å²) in [5.41, 5.74) is -0.263. The normalized spacial score (nSPS) is 18.9. The van der Waals surface area contributed by atoms with Crippen molar-refractivity contribution in [3.05, 3.63) is 58.9 Å². The largest absolute Gasteiger partial charge is 0.490 e. The van der Waals surface area contributed by atoms with Crippen molar-refractivity contribution in [3.8, 4) is 16.9 Å². The van der Waals surface area contributed by atoms with E-state index in [4.69, 9.17) is 4.74 Å². The zero-order valence-electron chi connectivity index (χ0n) is 15.6. The highest BCUT2D eigenvalue weighted by Gasteiger charge is 2.55. The number of urea groups is 1. The third-order valence-corrected chi connectivity index (χ3v) is 5.15. The molecule has 1 saturated heterocycles. The van der Waals surface area contributed by atoms with Crippen LogP contribution in [-0.4, -0.2) is 38.8 Å². The summed E-state index contributed by atoms with van der Waals surface area (Å²) in [4.78, 5) is 25.9. The first-order valence-corrected chi connectivity index (χ1v) is 9.02. The van der Waals surface area contributed by atoms with Gasteiger partial charge in [0.1, 0.15) is 5.82 Å². The number of aryl methyl sites for hydroxylation is 1. The number of tetrazole rings is 1. The Bertz CT molecular complexity index is 1230. The van der Waals surface area contributed by atoms with E-state index in [0.717, 1.165) is 6.07 Å². The molecule has 0 radical (unpaired) electrons. The number of imide groups is 1. The van der Waals surface area contributed by atoms with Gasteiger partial charge in [0.2, 0.25) is 0 Å². The zero-order chi connectivity index (χ0) is 21.0. The second-order valence-electron chi connectivity index (χ2n) is 6.97. The average molecular weight is 412 g/mol. The zero-order valence-corrected chi connectivity index (χ0v) is 15.6. The van der Waals surface area contributed by atoms with E-state index in [1.165, 1.54) is 29.1 Å². The summed E-state index contributed by atoms with van der Waals surface area (Å²) in [5, 5.41) is 16.3. The van der Waals surface area contributed by atoms with Gasteiger partial charge in [0.05, 0.1) is 13.7 Å².